The van der Waals surface area contributed by atoms with Crippen molar-refractivity contribution in [3.8, 4) is 34.9 Å². The van der Waals surface area contributed by atoms with E-state index in [1.165, 1.54) is 0 Å². The summed E-state index contributed by atoms with van der Waals surface area (Å²) in [6, 6.07) is 7.67. The summed E-state index contributed by atoms with van der Waals surface area (Å²) < 4.78 is 1.78. The molecule has 0 unspecified atom stereocenters. The van der Waals surface area contributed by atoms with Crippen LogP contribution in [0, 0.1) is 12.3 Å². The number of rotatable bonds is 2. The monoisotopic (exact) mass is 260 g/mol. The molecule has 3 aromatic heterocycles. The van der Waals surface area contributed by atoms with Crippen LogP contribution in [0.5, 0.6) is 0 Å². The third kappa shape index (κ3) is 2.17. The van der Waals surface area contributed by atoms with Crippen molar-refractivity contribution in [2.75, 3.05) is 0 Å². The van der Waals surface area contributed by atoms with Crippen molar-refractivity contribution in [3.63, 3.8) is 0 Å². The van der Waals surface area contributed by atoms with E-state index < -0.39 is 0 Å². The molecule has 0 amide bonds. The molecule has 0 bridgehead atoms. The molecule has 0 spiro atoms. The Morgan fingerprint density at radius 1 is 1.15 bits per heavy atom. The summed E-state index contributed by atoms with van der Waals surface area (Å²) in [5.41, 5.74) is 4.48. The first-order chi connectivity index (χ1) is 9.78. The number of aromatic nitrogens is 4. The lowest BCUT2D eigenvalue weighted by Gasteiger charge is -2.01. The van der Waals surface area contributed by atoms with E-state index in [-0.39, 0.29) is 0 Å². The van der Waals surface area contributed by atoms with Gasteiger partial charge in [0.1, 0.15) is 5.69 Å². The second-order valence-corrected chi connectivity index (χ2v) is 4.38. The Bertz CT molecular complexity index is 764. The highest BCUT2D eigenvalue weighted by molar-refractivity contribution is 5.78. The Morgan fingerprint density at radius 2 is 1.95 bits per heavy atom. The lowest BCUT2D eigenvalue weighted by atomic mass is 10.1. The van der Waals surface area contributed by atoms with Crippen LogP contribution in [0.3, 0.4) is 0 Å². The predicted molar refractivity (Wildman–Crippen MR) is 77.6 cm³/mol. The van der Waals surface area contributed by atoms with Gasteiger partial charge < -0.3 is 0 Å². The first-order valence-electron chi connectivity index (χ1n) is 6.15. The van der Waals surface area contributed by atoms with Crippen LogP contribution in [-0.4, -0.2) is 19.7 Å². The van der Waals surface area contributed by atoms with Gasteiger partial charge in [-0.1, -0.05) is 5.92 Å². The van der Waals surface area contributed by atoms with Gasteiger partial charge in [-0.15, -0.1) is 6.42 Å². The Labute approximate surface area is 117 Å². The summed E-state index contributed by atoms with van der Waals surface area (Å²) >= 11 is 0. The van der Waals surface area contributed by atoms with Crippen LogP contribution < -0.4 is 0 Å². The molecule has 96 valence electrons. The molecule has 0 aromatic carbocycles. The third-order valence-electron chi connectivity index (χ3n) is 2.99. The highest BCUT2D eigenvalue weighted by Gasteiger charge is 2.12. The van der Waals surface area contributed by atoms with E-state index in [9.17, 15) is 0 Å². The van der Waals surface area contributed by atoms with Crippen molar-refractivity contribution >= 4 is 0 Å². The van der Waals surface area contributed by atoms with E-state index in [4.69, 9.17) is 6.42 Å². The fourth-order valence-corrected chi connectivity index (χ4v) is 2.04. The number of aryl methyl sites for hydroxylation is 1. The maximum atomic E-state index is 5.35. The first kappa shape index (κ1) is 12.1. The maximum Gasteiger partial charge on any atom is 0.118 e. The molecule has 0 saturated heterocycles. The molecular weight excluding hydrogens is 248 g/mol. The average molecular weight is 260 g/mol. The van der Waals surface area contributed by atoms with Crippen molar-refractivity contribution in [2.24, 2.45) is 7.05 Å². The van der Waals surface area contributed by atoms with Crippen molar-refractivity contribution in [1.29, 1.82) is 0 Å². The molecule has 3 heterocycles. The third-order valence-corrected chi connectivity index (χ3v) is 2.99. The van der Waals surface area contributed by atoms with Crippen LogP contribution in [0.4, 0.5) is 0 Å². The molecule has 0 N–H and O–H groups in total. The normalized spacial score (nSPS) is 10.2. The van der Waals surface area contributed by atoms with Crippen LogP contribution >= 0.6 is 0 Å². The molecule has 0 saturated carbocycles. The van der Waals surface area contributed by atoms with Crippen LogP contribution in [-0.2, 0) is 7.05 Å². The summed E-state index contributed by atoms with van der Waals surface area (Å²) in [7, 11) is 1.89. The highest BCUT2D eigenvalue weighted by Crippen LogP contribution is 2.29. The molecule has 0 aliphatic heterocycles. The van der Waals surface area contributed by atoms with Crippen molar-refractivity contribution in [2.45, 2.75) is 0 Å². The van der Waals surface area contributed by atoms with Crippen LogP contribution in [0.15, 0.2) is 49.1 Å². The Kier molecular flexibility index (Phi) is 3.02. The number of nitrogens with zero attached hydrogens (tertiary/aromatic N) is 4. The van der Waals surface area contributed by atoms with Crippen LogP contribution in [0.1, 0.15) is 5.56 Å². The zero-order valence-corrected chi connectivity index (χ0v) is 11.0. The summed E-state index contributed by atoms with van der Waals surface area (Å²) in [4.78, 5) is 8.42. The smallest absolute Gasteiger partial charge is 0.118 e. The van der Waals surface area contributed by atoms with Crippen LogP contribution in [0.25, 0.3) is 22.5 Å². The second kappa shape index (κ2) is 4.98. The molecule has 0 atom stereocenters. The van der Waals surface area contributed by atoms with Gasteiger partial charge in [0.25, 0.3) is 0 Å². The van der Waals surface area contributed by atoms with Gasteiger partial charge in [-0.05, 0) is 29.8 Å². The summed E-state index contributed by atoms with van der Waals surface area (Å²) in [5, 5.41) is 4.49. The standard InChI is InChI=1S/C16H12N4/c1-3-12-4-5-15(18-10-12)16-14(11-20(2)19-16)13-6-8-17-9-7-13/h1,4-11H,2H3. The SMILES string of the molecule is C#Cc1ccc(-c2nn(C)cc2-c2ccncc2)nc1. The lowest BCUT2D eigenvalue weighted by molar-refractivity contribution is 0.770. The zero-order chi connectivity index (χ0) is 13.9. The van der Waals surface area contributed by atoms with Gasteiger partial charge in [0.15, 0.2) is 0 Å². The zero-order valence-electron chi connectivity index (χ0n) is 11.0. The Morgan fingerprint density at radius 3 is 2.60 bits per heavy atom. The van der Waals surface area contributed by atoms with Gasteiger partial charge in [0.05, 0.1) is 5.69 Å². The quantitative estimate of drug-likeness (QED) is 0.665. The van der Waals surface area contributed by atoms with E-state index in [1.807, 2.05) is 37.5 Å². The fraction of sp³-hybridized carbons (Fsp3) is 0.0625. The lowest BCUT2D eigenvalue weighted by Crippen LogP contribution is -1.90. The Balaban J connectivity index is 2.12. The molecular formula is C16H12N4. The van der Waals surface area contributed by atoms with Crippen LogP contribution in [0.2, 0.25) is 0 Å². The second-order valence-electron chi connectivity index (χ2n) is 4.38. The molecule has 0 aliphatic rings. The minimum absolute atomic E-state index is 0.759. The van der Waals surface area contributed by atoms with Gasteiger partial charge in [0.2, 0.25) is 0 Å². The molecule has 0 aliphatic carbocycles. The van der Waals surface area contributed by atoms with Crippen molar-refractivity contribution < 1.29 is 0 Å². The van der Waals surface area contributed by atoms with Gasteiger partial charge in [0, 0.05) is 43.0 Å². The first-order valence-corrected chi connectivity index (χ1v) is 6.15. The number of pyridine rings is 2. The molecule has 0 radical (unpaired) electrons. The Hall–Kier alpha value is -2.93. The van der Waals surface area contributed by atoms with E-state index in [0.29, 0.717) is 0 Å². The minimum atomic E-state index is 0.759. The highest BCUT2D eigenvalue weighted by atomic mass is 15.3. The van der Waals surface area contributed by atoms with E-state index in [2.05, 4.69) is 21.0 Å². The molecule has 3 aromatic rings. The van der Waals surface area contributed by atoms with E-state index >= 15 is 0 Å². The largest absolute Gasteiger partial charge is 0.274 e. The summed E-state index contributed by atoms with van der Waals surface area (Å²) in [6.45, 7) is 0. The molecule has 20 heavy (non-hydrogen) atoms. The molecule has 4 heteroatoms. The van der Waals surface area contributed by atoms with Crippen molar-refractivity contribution in [1.82, 2.24) is 19.7 Å². The van der Waals surface area contributed by atoms with Crippen molar-refractivity contribution in [3.05, 3.63) is 54.6 Å². The predicted octanol–water partition coefficient (Wildman–Crippen LogP) is 2.53. The average Bonchev–Trinajstić information content (AvgIpc) is 2.90. The molecule has 3 rings (SSSR count). The number of terminal acetylenes is 1. The molecule has 4 nitrogen and oxygen atoms in total. The van der Waals surface area contributed by atoms with Gasteiger partial charge >= 0.3 is 0 Å². The topological polar surface area (TPSA) is 43.6 Å². The molecule has 0 fully saturated rings. The number of hydrogen-bond acceptors (Lipinski definition) is 3. The van der Waals surface area contributed by atoms with E-state index in [0.717, 1.165) is 28.1 Å². The number of hydrogen-bond donors (Lipinski definition) is 0. The van der Waals surface area contributed by atoms with Gasteiger partial charge in [-0.3, -0.25) is 14.6 Å². The summed E-state index contributed by atoms with van der Waals surface area (Å²) in [6.07, 6.45) is 12.5. The fourth-order valence-electron chi connectivity index (χ4n) is 2.04. The van der Waals surface area contributed by atoms with Gasteiger partial charge in [-0.25, -0.2) is 0 Å². The maximum absolute atomic E-state index is 5.35. The minimum Gasteiger partial charge on any atom is -0.274 e. The van der Waals surface area contributed by atoms with E-state index in [1.54, 1.807) is 23.3 Å². The summed E-state index contributed by atoms with van der Waals surface area (Å²) in [5.74, 6) is 2.56. The van der Waals surface area contributed by atoms with Gasteiger partial charge in [-0.2, -0.15) is 5.10 Å².